The Hall–Kier alpha value is 0.210. The van der Waals surface area contributed by atoms with Gasteiger partial charge in [0.1, 0.15) is 6.07 Å². The minimum Gasteiger partial charge on any atom is -0.382 e. The van der Waals surface area contributed by atoms with Crippen molar-refractivity contribution in [2.24, 2.45) is 0 Å². The molecule has 0 saturated heterocycles. The van der Waals surface area contributed by atoms with Gasteiger partial charge in [-0.1, -0.05) is 11.6 Å². The maximum atomic E-state index is 5.08. The number of alkyl halides is 1. The average molecular weight is 169 g/mol. The third-order valence-corrected chi connectivity index (χ3v) is 0.844. The van der Waals surface area contributed by atoms with E-state index in [9.17, 15) is 0 Å². The highest BCUT2D eigenvalue weighted by Crippen LogP contribution is 1.73. The lowest BCUT2D eigenvalue weighted by Crippen LogP contribution is -1.84. The summed E-state index contributed by atoms with van der Waals surface area (Å²) < 4.78 is 9.43. The van der Waals surface area contributed by atoms with Gasteiger partial charge in [-0.25, -0.2) is 0 Å². The van der Waals surface area contributed by atoms with Crippen LogP contribution in [0.3, 0.4) is 0 Å². The van der Waals surface area contributed by atoms with Crippen LogP contribution >= 0.6 is 11.6 Å². The van der Waals surface area contributed by atoms with E-state index in [0.717, 1.165) is 13.2 Å². The second-order valence-electron chi connectivity index (χ2n) is 1.38. The van der Waals surface area contributed by atoms with E-state index in [-0.39, 0.29) is 0 Å². The van der Waals surface area contributed by atoms with Crippen molar-refractivity contribution in [2.45, 2.75) is 20.8 Å². The Morgan fingerprint density at radius 3 is 1.30 bits per heavy atom. The topological polar surface area (TPSA) is 18.5 Å². The van der Waals surface area contributed by atoms with Crippen molar-refractivity contribution < 1.29 is 9.47 Å². The highest BCUT2D eigenvalue weighted by atomic mass is 35.5. The second-order valence-corrected chi connectivity index (χ2v) is 1.60. The highest BCUT2D eigenvalue weighted by molar-refractivity contribution is 6.17. The minimum atomic E-state index is 0.316. The van der Waals surface area contributed by atoms with Crippen LogP contribution in [0.1, 0.15) is 20.8 Å². The van der Waals surface area contributed by atoms with E-state index < -0.39 is 0 Å². The molecule has 0 aromatic rings. The molecule has 3 heteroatoms. The predicted octanol–water partition coefficient (Wildman–Crippen LogP) is 2.26. The van der Waals surface area contributed by atoms with E-state index in [4.69, 9.17) is 16.3 Å². The van der Waals surface area contributed by atoms with Crippen LogP contribution in [0.25, 0.3) is 0 Å². The molecule has 0 aliphatic rings. The lowest BCUT2D eigenvalue weighted by molar-refractivity contribution is 0.162. The van der Waals surface area contributed by atoms with Gasteiger partial charge in [-0.05, 0) is 20.8 Å². The summed E-state index contributed by atoms with van der Waals surface area (Å²) in [5.74, 6) is 0. The molecular formula is C7H17ClO2. The van der Waals surface area contributed by atoms with Crippen LogP contribution in [-0.2, 0) is 9.47 Å². The van der Waals surface area contributed by atoms with Gasteiger partial charge in [-0.2, -0.15) is 0 Å². The fourth-order valence-corrected chi connectivity index (χ4v) is 0.436. The molecular weight excluding hydrogens is 152 g/mol. The Morgan fingerprint density at radius 2 is 1.30 bits per heavy atom. The molecule has 0 spiro atoms. The number of hydrogen-bond acceptors (Lipinski definition) is 2. The number of hydrogen-bond donors (Lipinski definition) is 0. The van der Waals surface area contributed by atoms with Crippen LogP contribution < -0.4 is 0 Å². The van der Waals surface area contributed by atoms with E-state index in [2.05, 4.69) is 4.74 Å². The summed E-state index contributed by atoms with van der Waals surface area (Å²) in [6, 6.07) is 0.316. The zero-order chi connectivity index (χ0) is 8.24. The third-order valence-electron chi connectivity index (χ3n) is 0.690. The van der Waals surface area contributed by atoms with Gasteiger partial charge < -0.3 is 9.47 Å². The monoisotopic (exact) mass is 168 g/mol. The molecule has 0 rings (SSSR count). The van der Waals surface area contributed by atoms with Crippen molar-refractivity contribution in [1.29, 1.82) is 0 Å². The van der Waals surface area contributed by atoms with Crippen LogP contribution in [0.4, 0.5) is 0 Å². The van der Waals surface area contributed by atoms with Gasteiger partial charge in [0, 0.05) is 19.8 Å². The molecule has 0 aromatic heterocycles. The van der Waals surface area contributed by atoms with E-state index in [0.29, 0.717) is 12.7 Å². The molecule has 0 unspecified atom stereocenters. The fraction of sp³-hybridized carbons (Fsp3) is 1.00. The Labute approximate surface area is 68.5 Å². The summed E-state index contributed by atoms with van der Waals surface area (Å²) in [6.07, 6.45) is 0. The number of ether oxygens (including phenoxy) is 2. The Bertz CT molecular complexity index is 32.6. The van der Waals surface area contributed by atoms with E-state index >= 15 is 0 Å². The van der Waals surface area contributed by atoms with Gasteiger partial charge >= 0.3 is 0 Å². The first-order valence-electron chi connectivity index (χ1n) is 3.54. The van der Waals surface area contributed by atoms with E-state index in [1.807, 2.05) is 20.8 Å². The molecule has 64 valence electrons. The zero-order valence-corrected chi connectivity index (χ0v) is 7.78. The standard InChI is InChI=1S/C4H10O.C3H7ClO/c1-3-5-4-2;1-2-5-3-4/h3-4H2,1-2H3;2-3H2,1H3. The van der Waals surface area contributed by atoms with Crippen molar-refractivity contribution in [3.63, 3.8) is 0 Å². The zero-order valence-electron chi connectivity index (χ0n) is 7.02. The summed E-state index contributed by atoms with van der Waals surface area (Å²) in [5.41, 5.74) is 0. The lowest BCUT2D eigenvalue weighted by Gasteiger charge is -1.86. The summed E-state index contributed by atoms with van der Waals surface area (Å²) in [4.78, 5) is 0. The fourth-order valence-electron chi connectivity index (χ4n) is 0.281. The SMILES string of the molecule is CCOCC.CCOCCl. The van der Waals surface area contributed by atoms with E-state index in [1.54, 1.807) is 0 Å². The first-order chi connectivity index (χ1) is 4.83. The van der Waals surface area contributed by atoms with Crippen molar-refractivity contribution in [3.8, 4) is 0 Å². The average Bonchev–Trinajstić information content (AvgIpc) is 1.93. The van der Waals surface area contributed by atoms with Gasteiger partial charge in [0.25, 0.3) is 0 Å². The summed E-state index contributed by atoms with van der Waals surface area (Å²) >= 11 is 5.08. The van der Waals surface area contributed by atoms with Crippen molar-refractivity contribution in [1.82, 2.24) is 0 Å². The third kappa shape index (κ3) is 24.1. The minimum absolute atomic E-state index is 0.316. The van der Waals surface area contributed by atoms with Crippen molar-refractivity contribution >= 4 is 11.6 Å². The van der Waals surface area contributed by atoms with Gasteiger partial charge in [0.2, 0.25) is 0 Å². The molecule has 0 bridgehead atoms. The Kier molecular flexibility index (Phi) is 20.7. The summed E-state index contributed by atoms with van der Waals surface area (Å²) in [5, 5.41) is 0. The number of halogens is 1. The maximum Gasteiger partial charge on any atom is 0.120 e. The highest BCUT2D eigenvalue weighted by Gasteiger charge is 1.66. The molecule has 0 saturated carbocycles. The van der Waals surface area contributed by atoms with Crippen LogP contribution in [-0.4, -0.2) is 25.9 Å². The van der Waals surface area contributed by atoms with Gasteiger partial charge in [0.15, 0.2) is 0 Å². The second kappa shape index (κ2) is 16.1. The predicted molar refractivity (Wildman–Crippen MR) is 44.5 cm³/mol. The summed E-state index contributed by atoms with van der Waals surface area (Å²) in [6.45, 7) is 8.28. The molecule has 0 aromatic carbocycles. The van der Waals surface area contributed by atoms with Gasteiger partial charge in [0.05, 0.1) is 0 Å². The molecule has 0 amide bonds. The van der Waals surface area contributed by atoms with Crippen LogP contribution in [0, 0.1) is 0 Å². The molecule has 0 N–H and O–H groups in total. The molecule has 0 aliphatic carbocycles. The maximum absolute atomic E-state index is 5.08. The molecule has 0 fully saturated rings. The molecule has 0 radical (unpaired) electrons. The Balaban J connectivity index is 0. The molecule has 0 atom stereocenters. The Morgan fingerprint density at radius 1 is 0.900 bits per heavy atom. The van der Waals surface area contributed by atoms with Crippen molar-refractivity contribution in [3.05, 3.63) is 0 Å². The smallest absolute Gasteiger partial charge is 0.120 e. The first kappa shape index (κ1) is 12.8. The normalized spacial score (nSPS) is 8.40. The van der Waals surface area contributed by atoms with Crippen LogP contribution in [0.5, 0.6) is 0 Å². The first-order valence-corrected chi connectivity index (χ1v) is 4.08. The molecule has 10 heavy (non-hydrogen) atoms. The van der Waals surface area contributed by atoms with Gasteiger partial charge in [-0.3, -0.25) is 0 Å². The van der Waals surface area contributed by atoms with Crippen molar-refractivity contribution in [2.75, 3.05) is 25.9 Å². The molecule has 2 nitrogen and oxygen atoms in total. The molecule has 0 heterocycles. The van der Waals surface area contributed by atoms with E-state index in [1.165, 1.54) is 0 Å². The molecule has 0 aliphatic heterocycles. The largest absolute Gasteiger partial charge is 0.382 e. The lowest BCUT2D eigenvalue weighted by atomic mass is 10.8. The number of rotatable bonds is 4. The van der Waals surface area contributed by atoms with Crippen LogP contribution in [0.2, 0.25) is 0 Å². The quantitative estimate of drug-likeness (QED) is 0.600. The van der Waals surface area contributed by atoms with Gasteiger partial charge in [-0.15, -0.1) is 0 Å². The van der Waals surface area contributed by atoms with Crippen LogP contribution in [0.15, 0.2) is 0 Å². The summed E-state index contributed by atoms with van der Waals surface area (Å²) in [7, 11) is 0.